The molecular formula is C22H26FN3O4S. The molecule has 0 aliphatic carbocycles. The number of nitrogens with one attached hydrogen (secondary N) is 2. The molecule has 0 saturated carbocycles. The number of rotatable bonds is 6. The molecule has 1 atom stereocenters. The fraction of sp³-hybridized carbons (Fsp3) is 0.364. The number of benzene rings is 2. The van der Waals surface area contributed by atoms with E-state index < -0.39 is 15.8 Å². The average molecular weight is 448 g/mol. The minimum Gasteiger partial charge on any atom is -0.349 e. The van der Waals surface area contributed by atoms with Crippen molar-refractivity contribution in [2.75, 3.05) is 18.4 Å². The molecule has 0 bridgehead atoms. The molecule has 3 rings (SSSR count). The molecule has 1 aliphatic rings. The molecule has 9 heteroatoms. The Balaban J connectivity index is 1.59. The highest BCUT2D eigenvalue weighted by Gasteiger charge is 2.33. The molecule has 166 valence electrons. The maximum absolute atomic E-state index is 14.0. The van der Waals surface area contributed by atoms with E-state index >= 15 is 0 Å². The highest BCUT2D eigenvalue weighted by Crippen LogP contribution is 2.26. The van der Waals surface area contributed by atoms with Gasteiger partial charge in [0.05, 0.1) is 6.04 Å². The number of carbonyl (C=O) groups excluding carboxylic acids is 2. The van der Waals surface area contributed by atoms with Crippen molar-refractivity contribution in [3.63, 3.8) is 0 Å². The van der Waals surface area contributed by atoms with Crippen LogP contribution in [-0.2, 0) is 19.6 Å². The van der Waals surface area contributed by atoms with Crippen molar-refractivity contribution in [3.8, 4) is 0 Å². The van der Waals surface area contributed by atoms with Crippen molar-refractivity contribution < 1.29 is 22.4 Å². The van der Waals surface area contributed by atoms with E-state index in [1.807, 2.05) is 13.0 Å². The second-order valence-corrected chi connectivity index (χ2v) is 9.55. The lowest BCUT2D eigenvalue weighted by Gasteiger charge is -2.31. The van der Waals surface area contributed by atoms with Crippen LogP contribution in [0.25, 0.3) is 0 Å². The second-order valence-electron chi connectivity index (χ2n) is 7.65. The van der Waals surface area contributed by atoms with Crippen LogP contribution in [0.5, 0.6) is 0 Å². The topological polar surface area (TPSA) is 95.6 Å². The van der Waals surface area contributed by atoms with Crippen LogP contribution in [0.1, 0.15) is 38.3 Å². The highest BCUT2D eigenvalue weighted by atomic mass is 32.2. The zero-order chi connectivity index (χ0) is 22.6. The summed E-state index contributed by atoms with van der Waals surface area (Å²) in [6.07, 6.45) is 0.719. The first kappa shape index (κ1) is 22.9. The first-order chi connectivity index (χ1) is 14.7. The summed E-state index contributed by atoms with van der Waals surface area (Å²) in [5, 5.41) is 5.67. The molecule has 1 heterocycles. The summed E-state index contributed by atoms with van der Waals surface area (Å²) < 4.78 is 40.6. The van der Waals surface area contributed by atoms with Gasteiger partial charge in [0.1, 0.15) is 10.7 Å². The number of carbonyl (C=O) groups is 2. The van der Waals surface area contributed by atoms with Crippen molar-refractivity contribution in [1.82, 2.24) is 9.62 Å². The molecule has 1 aliphatic heterocycles. The molecule has 0 aromatic heterocycles. The van der Waals surface area contributed by atoms with E-state index in [9.17, 15) is 22.4 Å². The van der Waals surface area contributed by atoms with Crippen molar-refractivity contribution in [1.29, 1.82) is 0 Å². The van der Waals surface area contributed by atoms with Gasteiger partial charge in [0.2, 0.25) is 21.8 Å². The van der Waals surface area contributed by atoms with Crippen LogP contribution < -0.4 is 10.6 Å². The first-order valence-corrected chi connectivity index (χ1v) is 11.5. The van der Waals surface area contributed by atoms with E-state index in [-0.39, 0.29) is 41.8 Å². The number of halogens is 1. The predicted molar refractivity (Wildman–Crippen MR) is 115 cm³/mol. The molecule has 2 aromatic carbocycles. The summed E-state index contributed by atoms with van der Waals surface area (Å²) >= 11 is 0. The Morgan fingerprint density at radius 2 is 1.77 bits per heavy atom. The SMILES string of the molecule is CC(=O)Nc1cccc(C(C)NC(=O)C2CCN(S(=O)(=O)c3ccccc3F)CC2)c1. The van der Waals surface area contributed by atoms with Gasteiger partial charge in [-0.3, -0.25) is 9.59 Å². The Morgan fingerprint density at radius 1 is 1.10 bits per heavy atom. The van der Waals surface area contributed by atoms with E-state index in [1.54, 1.807) is 18.2 Å². The minimum absolute atomic E-state index is 0.152. The Bertz CT molecular complexity index is 1070. The van der Waals surface area contributed by atoms with Crippen molar-refractivity contribution in [2.45, 2.75) is 37.6 Å². The van der Waals surface area contributed by atoms with Crippen LogP contribution in [0.2, 0.25) is 0 Å². The number of hydrogen-bond acceptors (Lipinski definition) is 4. The van der Waals surface area contributed by atoms with Gasteiger partial charge in [-0.15, -0.1) is 0 Å². The first-order valence-electron chi connectivity index (χ1n) is 10.1. The fourth-order valence-electron chi connectivity index (χ4n) is 3.65. The molecule has 1 fully saturated rings. The summed E-state index contributed by atoms with van der Waals surface area (Å²) in [5.41, 5.74) is 1.50. The summed E-state index contributed by atoms with van der Waals surface area (Å²) in [5.74, 6) is -1.43. The Labute approximate surface area is 181 Å². The van der Waals surface area contributed by atoms with Crippen LogP contribution in [-0.4, -0.2) is 37.6 Å². The van der Waals surface area contributed by atoms with Gasteiger partial charge < -0.3 is 10.6 Å². The van der Waals surface area contributed by atoms with Gasteiger partial charge in [-0.05, 0) is 49.6 Å². The van der Waals surface area contributed by atoms with Crippen LogP contribution >= 0.6 is 0 Å². The molecule has 1 unspecified atom stereocenters. The molecule has 2 aromatic rings. The Kier molecular flexibility index (Phi) is 7.07. The highest BCUT2D eigenvalue weighted by molar-refractivity contribution is 7.89. The molecular weight excluding hydrogens is 421 g/mol. The van der Waals surface area contributed by atoms with Crippen molar-refractivity contribution in [2.24, 2.45) is 5.92 Å². The standard InChI is InChI=1S/C22H26FN3O4S/c1-15(18-6-5-7-19(14-18)25-16(2)27)24-22(28)17-10-12-26(13-11-17)31(29,30)21-9-4-3-8-20(21)23/h3-9,14-15,17H,10-13H2,1-2H3,(H,24,28)(H,25,27). The summed E-state index contributed by atoms with van der Waals surface area (Å²) in [6.45, 7) is 3.58. The van der Waals surface area contributed by atoms with E-state index in [0.717, 1.165) is 11.6 Å². The van der Waals surface area contributed by atoms with Gasteiger partial charge in [-0.25, -0.2) is 12.8 Å². The van der Waals surface area contributed by atoms with E-state index in [0.29, 0.717) is 18.5 Å². The molecule has 31 heavy (non-hydrogen) atoms. The van der Waals surface area contributed by atoms with Crippen LogP contribution in [0, 0.1) is 11.7 Å². The maximum atomic E-state index is 14.0. The molecule has 2 amide bonds. The van der Waals surface area contributed by atoms with Gasteiger partial charge >= 0.3 is 0 Å². The molecule has 1 saturated heterocycles. The fourth-order valence-corrected chi connectivity index (χ4v) is 5.19. The van der Waals surface area contributed by atoms with Gasteiger partial charge in [0.25, 0.3) is 0 Å². The van der Waals surface area contributed by atoms with Crippen molar-refractivity contribution in [3.05, 3.63) is 59.9 Å². The maximum Gasteiger partial charge on any atom is 0.245 e. The third-order valence-corrected chi connectivity index (χ3v) is 7.28. The van der Waals surface area contributed by atoms with E-state index in [1.165, 1.54) is 29.4 Å². The summed E-state index contributed by atoms with van der Waals surface area (Å²) in [4.78, 5) is 23.6. The number of anilines is 1. The third kappa shape index (κ3) is 5.48. The molecule has 2 N–H and O–H groups in total. The quantitative estimate of drug-likeness (QED) is 0.712. The van der Waals surface area contributed by atoms with Gasteiger partial charge in [0, 0.05) is 31.6 Å². The van der Waals surface area contributed by atoms with Crippen LogP contribution in [0.15, 0.2) is 53.4 Å². The molecule has 0 radical (unpaired) electrons. The number of nitrogens with zero attached hydrogens (tertiary/aromatic N) is 1. The molecule has 0 spiro atoms. The lowest BCUT2D eigenvalue weighted by atomic mass is 9.96. The van der Waals surface area contributed by atoms with Gasteiger partial charge in [0.15, 0.2) is 0 Å². The molecule has 7 nitrogen and oxygen atoms in total. The number of piperidine rings is 1. The van der Waals surface area contributed by atoms with E-state index in [4.69, 9.17) is 0 Å². The Morgan fingerprint density at radius 3 is 2.42 bits per heavy atom. The van der Waals surface area contributed by atoms with Gasteiger partial charge in [-0.2, -0.15) is 4.31 Å². The predicted octanol–water partition coefficient (Wildman–Crippen LogP) is 3.06. The van der Waals surface area contributed by atoms with E-state index in [2.05, 4.69) is 10.6 Å². The number of sulfonamides is 1. The normalized spacial score (nSPS) is 16.5. The average Bonchev–Trinajstić information content (AvgIpc) is 2.73. The summed E-state index contributed by atoms with van der Waals surface area (Å²) in [7, 11) is -3.93. The van der Waals surface area contributed by atoms with Crippen LogP contribution in [0.3, 0.4) is 0 Å². The largest absolute Gasteiger partial charge is 0.349 e. The lowest BCUT2D eigenvalue weighted by Crippen LogP contribution is -2.43. The summed E-state index contributed by atoms with van der Waals surface area (Å²) in [6, 6.07) is 12.3. The van der Waals surface area contributed by atoms with Crippen LogP contribution in [0.4, 0.5) is 10.1 Å². The monoisotopic (exact) mass is 447 g/mol. The number of amides is 2. The smallest absolute Gasteiger partial charge is 0.245 e. The Hall–Kier alpha value is -2.78. The van der Waals surface area contributed by atoms with Crippen molar-refractivity contribution >= 4 is 27.5 Å². The minimum atomic E-state index is -3.93. The van der Waals surface area contributed by atoms with Gasteiger partial charge in [-0.1, -0.05) is 24.3 Å². The number of hydrogen-bond donors (Lipinski definition) is 2. The zero-order valence-corrected chi connectivity index (χ0v) is 18.3. The second kappa shape index (κ2) is 9.57. The third-order valence-electron chi connectivity index (χ3n) is 5.34. The zero-order valence-electron chi connectivity index (χ0n) is 17.5. The lowest BCUT2D eigenvalue weighted by molar-refractivity contribution is -0.126.